The van der Waals surface area contributed by atoms with Crippen molar-refractivity contribution in [3.8, 4) is 11.4 Å². The summed E-state index contributed by atoms with van der Waals surface area (Å²) in [7, 11) is -1.35. The van der Waals surface area contributed by atoms with Crippen LogP contribution in [0.1, 0.15) is 40.5 Å². The smallest absolute Gasteiger partial charge is 0.335 e. The van der Waals surface area contributed by atoms with E-state index >= 15 is 8.78 Å². The molecule has 0 spiro atoms. The van der Waals surface area contributed by atoms with Crippen LogP contribution in [-0.2, 0) is 26.6 Å². The Hall–Kier alpha value is -6.38. The summed E-state index contributed by atoms with van der Waals surface area (Å²) in [5.41, 5.74) is -0.252. The summed E-state index contributed by atoms with van der Waals surface area (Å²) in [5.74, 6) is -4.46. The predicted molar refractivity (Wildman–Crippen MR) is 187 cm³/mol. The van der Waals surface area contributed by atoms with E-state index in [-0.39, 0.29) is 40.7 Å². The molecule has 0 bridgehead atoms. The van der Waals surface area contributed by atoms with Crippen LogP contribution < -0.4 is 21.3 Å². The third-order valence-corrected chi connectivity index (χ3v) is 11.0. The third-order valence-electron chi connectivity index (χ3n) is 8.90. The molecule has 17 nitrogen and oxygen atoms in total. The number of carbonyl (C=O) groups excluding carboxylic acids is 1. The van der Waals surface area contributed by atoms with E-state index < -0.39 is 57.1 Å². The number of amides is 1. The van der Waals surface area contributed by atoms with Crippen molar-refractivity contribution in [2.24, 2.45) is 7.05 Å². The van der Waals surface area contributed by atoms with Gasteiger partial charge in [0.15, 0.2) is 11.8 Å². The van der Waals surface area contributed by atoms with Crippen LogP contribution in [0.3, 0.4) is 0 Å². The Balaban J connectivity index is 0.962. The highest BCUT2D eigenvalue weighted by Gasteiger charge is 2.36. The SMILES string of the molecule is Cn1c(=O)n(-c2ccc(C[C@H](NC(=O)c3cc(F)c(NS4(c5ccc(-n6cc(C7CC7)nn6)cn5)OCO4)cc3F)C(=O)O)nc2)c(=O)c2ccncc21. The van der Waals surface area contributed by atoms with Gasteiger partial charge in [-0.1, -0.05) is 16.0 Å². The van der Waals surface area contributed by atoms with Gasteiger partial charge in [0.05, 0.1) is 64.0 Å². The molecule has 8 rings (SSSR count). The molecule has 1 aliphatic carbocycles. The fourth-order valence-electron chi connectivity index (χ4n) is 5.79. The lowest BCUT2D eigenvalue weighted by atomic mass is 10.1. The number of anilines is 1. The molecular weight excluding hydrogens is 730 g/mol. The number of nitrogens with one attached hydrogen (secondary N) is 2. The minimum Gasteiger partial charge on any atom is -0.480 e. The summed E-state index contributed by atoms with van der Waals surface area (Å²) in [4.78, 5) is 63.8. The number of aliphatic carboxylic acids is 1. The lowest BCUT2D eigenvalue weighted by molar-refractivity contribution is -0.139. The van der Waals surface area contributed by atoms with Gasteiger partial charge < -0.3 is 10.4 Å². The highest BCUT2D eigenvalue weighted by molar-refractivity contribution is 8.27. The minimum absolute atomic E-state index is 0.119. The highest BCUT2D eigenvalue weighted by atomic mass is 32.3. The van der Waals surface area contributed by atoms with Crippen molar-refractivity contribution in [2.75, 3.05) is 11.5 Å². The zero-order chi connectivity index (χ0) is 37.7. The molecule has 2 aliphatic rings. The largest absolute Gasteiger partial charge is 0.480 e. The zero-order valence-electron chi connectivity index (χ0n) is 28.0. The number of carbonyl (C=O) groups is 2. The van der Waals surface area contributed by atoms with Crippen molar-refractivity contribution in [3.63, 3.8) is 0 Å². The Morgan fingerprint density at radius 1 is 1.02 bits per heavy atom. The van der Waals surface area contributed by atoms with E-state index in [4.69, 9.17) is 8.37 Å². The molecule has 0 radical (unpaired) electrons. The number of aromatic nitrogens is 8. The highest BCUT2D eigenvalue weighted by Crippen LogP contribution is 2.62. The first-order valence-electron chi connectivity index (χ1n) is 16.3. The topological polar surface area (TPSA) is 210 Å². The molecule has 1 saturated carbocycles. The number of carboxylic acid groups (broad SMARTS) is 1. The quantitative estimate of drug-likeness (QED) is 0.174. The van der Waals surface area contributed by atoms with Crippen LogP contribution in [0.5, 0.6) is 0 Å². The Bertz CT molecular complexity index is 2570. The lowest BCUT2D eigenvalue weighted by Crippen LogP contribution is -2.43. The molecule has 276 valence electrons. The number of rotatable bonds is 11. The molecule has 3 N–H and O–H groups in total. The second-order valence-corrected chi connectivity index (χ2v) is 14.5. The van der Waals surface area contributed by atoms with Crippen molar-refractivity contribution in [1.82, 2.24) is 44.4 Å². The van der Waals surface area contributed by atoms with Crippen LogP contribution >= 0.6 is 10.8 Å². The van der Waals surface area contributed by atoms with Crippen LogP contribution in [0, 0.1) is 11.6 Å². The Kier molecular flexibility index (Phi) is 8.71. The summed E-state index contributed by atoms with van der Waals surface area (Å²) in [6.45, 7) is -0.128. The van der Waals surface area contributed by atoms with Crippen molar-refractivity contribution >= 4 is 39.2 Å². The standard InChI is InChI=1S/C34H28F2N10O7S/c1-44-29-15-37-9-8-22(29)32(48)46(34(44)51)21-5-4-19(38-14-21)10-27(33(49)50)40-31(47)23-11-25(36)26(12-24(23)35)42-54(52-17-53-54)30-7-6-20(13-39-30)45-16-28(41-43-45)18-2-3-18/h4-9,11-16,18,27,42H,2-3,10,17H2,1H3,(H,40,47)(H,49,50)/t27-/m0/s1. The van der Waals surface area contributed by atoms with E-state index in [1.807, 2.05) is 6.20 Å². The fourth-order valence-corrected chi connectivity index (χ4v) is 7.43. The summed E-state index contributed by atoms with van der Waals surface area (Å²) in [6.07, 6.45) is 9.15. The fraction of sp³-hybridized carbons (Fsp3) is 0.206. The molecule has 5 aromatic heterocycles. The Morgan fingerprint density at radius 2 is 1.80 bits per heavy atom. The molecule has 6 heterocycles. The van der Waals surface area contributed by atoms with E-state index in [2.05, 4.69) is 35.3 Å². The Morgan fingerprint density at radius 3 is 2.46 bits per heavy atom. The number of hydrogen-bond acceptors (Lipinski definition) is 12. The number of hydrogen-bond donors (Lipinski definition) is 3. The molecule has 6 aromatic rings. The van der Waals surface area contributed by atoms with Crippen molar-refractivity contribution < 1.29 is 31.8 Å². The second-order valence-electron chi connectivity index (χ2n) is 12.4. The maximum Gasteiger partial charge on any atom is 0.335 e. The zero-order valence-corrected chi connectivity index (χ0v) is 28.9. The number of aryl methyl sites for hydroxylation is 1. The van der Waals surface area contributed by atoms with Crippen LogP contribution in [0.2, 0.25) is 0 Å². The monoisotopic (exact) mass is 758 g/mol. The molecular formula is C34H28F2N10O7S. The number of carboxylic acids is 1. The summed E-state index contributed by atoms with van der Waals surface area (Å²) < 4.78 is 48.6. The van der Waals surface area contributed by atoms with E-state index in [1.54, 1.807) is 16.8 Å². The van der Waals surface area contributed by atoms with E-state index in [0.29, 0.717) is 23.2 Å². The Labute approximate surface area is 304 Å². The lowest BCUT2D eigenvalue weighted by Gasteiger charge is -2.48. The first-order valence-corrected chi connectivity index (χ1v) is 17.8. The van der Waals surface area contributed by atoms with Gasteiger partial charge in [0, 0.05) is 37.3 Å². The maximum atomic E-state index is 15.4. The van der Waals surface area contributed by atoms with Crippen LogP contribution in [0.25, 0.3) is 22.3 Å². The van der Waals surface area contributed by atoms with Gasteiger partial charge in [0.25, 0.3) is 11.5 Å². The molecule has 54 heavy (non-hydrogen) atoms. The second kappa shape index (κ2) is 13.5. The van der Waals surface area contributed by atoms with E-state index in [1.165, 1.54) is 54.6 Å². The van der Waals surface area contributed by atoms with Gasteiger partial charge in [-0.25, -0.2) is 41.0 Å². The van der Waals surface area contributed by atoms with Gasteiger partial charge in [0.2, 0.25) is 0 Å². The molecule has 1 aromatic carbocycles. The first-order chi connectivity index (χ1) is 26.0. The normalized spacial score (nSPS) is 16.0. The minimum atomic E-state index is -2.84. The maximum absolute atomic E-state index is 15.4. The molecule has 20 heteroatoms. The van der Waals surface area contributed by atoms with Gasteiger partial charge in [-0.05, 0) is 49.2 Å². The van der Waals surface area contributed by atoms with Crippen molar-refractivity contribution in [1.29, 1.82) is 0 Å². The molecule has 1 amide bonds. The van der Waals surface area contributed by atoms with Gasteiger partial charge >= 0.3 is 11.7 Å². The summed E-state index contributed by atoms with van der Waals surface area (Å²) in [6, 6.07) is 7.31. The first kappa shape index (κ1) is 34.7. The number of nitrogens with zero attached hydrogens (tertiary/aromatic N) is 8. The van der Waals surface area contributed by atoms with Crippen molar-refractivity contribution in [3.05, 3.63) is 123 Å². The van der Waals surface area contributed by atoms with Crippen molar-refractivity contribution in [2.45, 2.75) is 36.2 Å². The van der Waals surface area contributed by atoms with Gasteiger partial charge in [0.1, 0.15) is 17.7 Å². The van der Waals surface area contributed by atoms with Gasteiger partial charge in [-0.2, -0.15) is 0 Å². The summed E-state index contributed by atoms with van der Waals surface area (Å²) in [5, 5.41) is 20.9. The number of halogens is 2. The van der Waals surface area contributed by atoms with Gasteiger partial charge in [-0.3, -0.25) is 28.8 Å². The number of benzene rings is 1. The van der Waals surface area contributed by atoms with Crippen LogP contribution in [-0.4, -0.2) is 68.9 Å². The summed E-state index contributed by atoms with van der Waals surface area (Å²) >= 11 is 0. The third kappa shape index (κ3) is 6.35. The molecule has 1 aliphatic heterocycles. The van der Waals surface area contributed by atoms with Crippen LogP contribution in [0.15, 0.2) is 88.1 Å². The van der Waals surface area contributed by atoms with E-state index in [0.717, 1.165) is 29.2 Å². The number of fused-ring (bicyclic) bond motifs is 1. The number of pyridine rings is 3. The average molecular weight is 759 g/mol. The van der Waals surface area contributed by atoms with Crippen LogP contribution in [0.4, 0.5) is 14.5 Å². The molecule has 1 atom stereocenters. The molecule has 1 saturated heterocycles. The predicted octanol–water partition coefficient (Wildman–Crippen LogP) is 3.06. The molecule has 2 fully saturated rings. The van der Waals surface area contributed by atoms with E-state index in [9.17, 15) is 24.3 Å². The average Bonchev–Trinajstić information content (AvgIpc) is 3.89. The van der Waals surface area contributed by atoms with Gasteiger partial charge in [-0.15, -0.1) is 5.10 Å². The molecule has 0 unspecified atom stereocenters.